The van der Waals surface area contributed by atoms with E-state index in [-0.39, 0.29) is 41.4 Å². The van der Waals surface area contributed by atoms with E-state index >= 15 is 0 Å². The van der Waals surface area contributed by atoms with Crippen molar-refractivity contribution in [1.29, 1.82) is 0 Å². The number of thioether (sulfide) groups is 1. The van der Waals surface area contributed by atoms with Crippen molar-refractivity contribution in [3.05, 3.63) is 54.6 Å². The van der Waals surface area contributed by atoms with Crippen molar-refractivity contribution in [3.63, 3.8) is 0 Å². The molecule has 4 rings (SSSR count). The summed E-state index contributed by atoms with van der Waals surface area (Å²) in [5.41, 5.74) is 2.79. The van der Waals surface area contributed by atoms with Crippen molar-refractivity contribution in [1.82, 2.24) is 9.80 Å². The van der Waals surface area contributed by atoms with Crippen LogP contribution in [0.5, 0.6) is 0 Å². The minimum absolute atomic E-state index is 0.0348. The maximum absolute atomic E-state index is 14.9. The first kappa shape index (κ1) is 30.4. The highest BCUT2D eigenvalue weighted by Crippen LogP contribution is 2.69. The maximum Gasteiger partial charge on any atom is 0.251 e. The zero-order chi connectivity index (χ0) is 29.5. The van der Waals surface area contributed by atoms with Crippen molar-refractivity contribution in [2.24, 2.45) is 23.7 Å². The van der Waals surface area contributed by atoms with Gasteiger partial charge in [0.1, 0.15) is 6.04 Å². The van der Waals surface area contributed by atoms with Crippen molar-refractivity contribution >= 4 is 35.2 Å². The number of fused-ring (bicyclic) bond motifs is 1. The Balaban J connectivity index is 1.89. The molecule has 1 aromatic carbocycles. The molecule has 1 N–H and O–H groups in total. The number of hydrogen-bond acceptors (Lipinski definition) is 5. The Hall–Kier alpha value is -2.58. The number of likely N-dealkylation sites (tertiary alicyclic amines) is 1. The number of carbonyl (C=O) groups is 3. The number of benzene rings is 1. The number of aliphatic hydroxyl groups excluding tert-OH is 1. The SMILES string of the molecule is C=CCN(C)C(=O)[C@@H]1[C@@H]2CC(C)C3(S2)C(C(=O)N(CC=C)c2cc(C)ccc2C)N([C@@H](CO)CC(C)C)C(=O)[C@H]13. The first-order valence-electron chi connectivity index (χ1n) is 14.4. The summed E-state index contributed by atoms with van der Waals surface area (Å²) in [6, 6.07) is 4.72. The molecule has 0 radical (unpaired) electrons. The molecule has 0 saturated carbocycles. The predicted octanol–water partition coefficient (Wildman–Crippen LogP) is 4.21. The van der Waals surface area contributed by atoms with Gasteiger partial charge in [0.25, 0.3) is 5.91 Å². The summed E-state index contributed by atoms with van der Waals surface area (Å²) >= 11 is 1.67. The lowest BCUT2D eigenvalue weighted by atomic mass is 9.65. The Morgan fingerprint density at radius 1 is 1.20 bits per heavy atom. The Bertz CT molecular complexity index is 1180. The summed E-state index contributed by atoms with van der Waals surface area (Å²) in [6.45, 7) is 18.4. The van der Waals surface area contributed by atoms with Gasteiger partial charge in [0.2, 0.25) is 11.8 Å². The van der Waals surface area contributed by atoms with E-state index < -0.39 is 28.7 Å². The molecule has 7 atom stereocenters. The van der Waals surface area contributed by atoms with Gasteiger partial charge in [-0.1, -0.05) is 45.1 Å². The van der Waals surface area contributed by atoms with Crippen molar-refractivity contribution in [2.45, 2.75) is 69.5 Å². The van der Waals surface area contributed by atoms with Gasteiger partial charge in [0.15, 0.2) is 0 Å². The number of hydrogen-bond donors (Lipinski definition) is 1. The molecule has 0 aliphatic carbocycles. The molecule has 0 aromatic heterocycles. The van der Waals surface area contributed by atoms with Crippen LogP contribution < -0.4 is 4.90 Å². The van der Waals surface area contributed by atoms with Gasteiger partial charge < -0.3 is 19.8 Å². The molecule has 2 bridgehead atoms. The maximum atomic E-state index is 14.9. The minimum Gasteiger partial charge on any atom is -0.394 e. The fourth-order valence-electron chi connectivity index (χ4n) is 7.37. The van der Waals surface area contributed by atoms with E-state index in [1.807, 2.05) is 32.0 Å². The number of likely N-dealkylation sites (N-methyl/N-ethyl adjacent to an activating group) is 1. The molecule has 7 nitrogen and oxygen atoms in total. The molecular weight excluding hydrogens is 522 g/mol. The van der Waals surface area contributed by atoms with Gasteiger partial charge in [-0.3, -0.25) is 14.4 Å². The molecule has 1 spiro atoms. The number of carbonyl (C=O) groups excluding carboxylic acids is 3. The Morgan fingerprint density at radius 2 is 1.88 bits per heavy atom. The number of aryl methyl sites for hydroxylation is 2. The summed E-state index contributed by atoms with van der Waals surface area (Å²) in [5.74, 6) is -1.29. The molecule has 3 fully saturated rings. The molecule has 3 aliphatic rings. The molecule has 8 heteroatoms. The molecule has 1 aromatic rings. The zero-order valence-electron chi connectivity index (χ0n) is 24.8. The summed E-state index contributed by atoms with van der Waals surface area (Å²) in [7, 11) is 1.75. The van der Waals surface area contributed by atoms with E-state index in [9.17, 15) is 19.5 Å². The van der Waals surface area contributed by atoms with Crippen molar-refractivity contribution in [2.75, 3.05) is 31.6 Å². The average Bonchev–Trinajstić information content (AvgIpc) is 3.50. The summed E-state index contributed by atoms with van der Waals surface area (Å²) in [5, 5.41) is 10.6. The molecule has 3 heterocycles. The van der Waals surface area contributed by atoms with Gasteiger partial charge in [-0.05, 0) is 55.7 Å². The monoisotopic (exact) mass is 567 g/mol. The lowest BCUT2D eigenvalue weighted by Crippen LogP contribution is -2.59. The quantitative estimate of drug-likeness (QED) is 0.405. The van der Waals surface area contributed by atoms with E-state index in [4.69, 9.17) is 0 Å². The summed E-state index contributed by atoms with van der Waals surface area (Å²) in [4.78, 5) is 48.4. The van der Waals surface area contributed by atoms with Gasteiger partial charge in [-0.2, -0.15) is 0 Å². The number of nitrogens with zero attached hydrogens (tertiary/aromatic N) is 3. The molecular formula is C32H45N3O4S. The van der Waals surface area contributed by atoms with Crippen LogP contribution in [0.25, 0.3) is 0 Å². The van der Waals surface area contributed by atoms with Gasteiger partial charge in [-0.15, -0.1) is 24.9 Å². The fourth-order valence-corrected chi connectivity index (χ4v) is 9.76. The highest BCUT2D eigenvalue weighted by molar-refractivity contribution is 8.02. The van der Waals surface area contributed by atoms with Crippen LogP contribution >= 0.6 is 11.8 Å². The van der Waals surface area contributed by atoms with Crippen LogP contribution in [0.15, 0.2) is 43.5 Å². The van der Waals surface area contributed by atoms with Crippen LogP contribution in [0.4, 0.5) is 5.69 Å². The second-order valence-electron chi connectivity index (χ2n) is 12.3. The van der Waals surface area contributed by atoms with E-state index in [1.54, 1.807) is 45.7 Å². The average molecular weight is 568 g/mol. The second kappa shape index (κ2) is 11.7. The van der Waals surface area contributed by atoms with Crippen LogP contribution in [0, 0.1) is 37.5 Å². The first-order chi connectivity index (χ1) is 18.9. The highest BCUT2D eigenvalue weighted by Gasteiger charge is 2.77. The molecule has 40 heavy (non-hydrogen) atoms. The number of anilines is 1. The van der Waals surface area contributed by atoms with E-state index in [0.717, 1.165) is 23.2 Å². The fraction of sp³-hybridized carbons (Fsp3) is 0.594. The third kappa shape index (κ3) is 4.81. The van der Waals surface area contributed by atoms with E-state index in [0.29, 0.717) is 19.5 Å². The van der Waals surface area contributed by atoms with E-state index in [2.05, 4.69) is 33.9 Å². The summed E-state index contributed by atoms with van der Waals surface area (Å²) in [6.07, 6.45) is 4.74. The standard InChI is InChI=1S/C32H45N3O4S/c1-9-13-33(8)29(37)26-25-17-22(7)32(40-25)27(26)30(38)35(23(18-36)15-19(3)4)28(32)31(39)34(14-10-2)24-16-20(5)11-12-21(24)6/h9-12,16,19,22-23,25-28,36H,1-2,13-15,17-18H2,3-8H3/t22?,23-,25+,26-,27+,28?,32?/m1/s1. The number of rotatable bonds is 11. The topological polar surface area (TPSA) is 81.2 Å². The molecule has 3 saturated heterocycles. The highest BCUT2D eigenvalue weighted by atomic mass is 32.2. The Labute approximate surface area is 243 Å². The number of amides is 3. The van der Waals surface area contributed by atoms with Gasteiger partial charge in [-0.25, -0.2) is 0 Å². The van der Waals surface area contributed by atoms with Crippen LogP contribution in [0.2, 0.25) is 0 Å². The molecule has 3 amide bonds. The molecule has 3 aliphatic heterocycles. The van der Waals surface area contributed by atoms with Crippen LogP contribution in [0.1, 0.15) is 44.7 Å². The van der Waals surface area contributed by atoms with Crippen molar-refractivity contribution < 1.29 is 19.5 Å². The van der Waals surface area contributed by atoms with Gasteiger partial charge in [0.05, 0.1) is 29.2 Å². The Kier molecular flexibility index (Phi) is 8.91. The smallest absolute Gasteiger partial charge is 0.251 e. The lowest BCUT2D eigenvalue weighted by Gasteiger charge is -2.42. The van der Waals surface area contributed by atoms with Gasteiger partial charge in [0, 0.05) is 31.1 Å². The third-order valence-electron chi connectivity index (χ3n) is 9.06. The van der Waals surface area contributed by atoms with Gasteiger partial charge >= 0.3 is 0 Å². The zero-order valence-corrected chi connectivity index (χ0v) is 25.6. The predicted molar refractivity (Wildman–Crippen MR) is 162 cm³/mol. The third-order valence-corrected chi connectivity index (χ3v) is 11.1. The lowest BCUT2D eigenvalue weighted by molar-refractivity contribution is -0.145. The van der Waals surface area contributed by atoms with Crippen molar-refractivity contribution in [3.8, 4) is 0 Å². The molecule has 3 unspecified atom stereocenters. The molecule has 218 valence electrons. The number of aliphatic hydroxyl groups is 1. The summed E-state index contributed by atoms with van der Waals surface area (Å²) < 4.78 is -0.754. The first-order valence-corrected chi connectivity index (χ1v) is 15.3. The normalized spacial score (nSPS) is 29.4. The van der Waals surface area contributed by atoms with Crippen LogP contribution in [0.3, 0.4) is 0 Å². The van der Waals surface area contributed by atoms with Crippen LogP contribution in [-0.2, 0) is 14.4 Å². The Morgan fingerprint density at radius 3 is 2.48 bits per heavy atom. The second-order valence-corrected chi connectivity index (χ2v) is 13.8. The minimum atomic E-state index is -0.798. The van der Waals surface area contributed by atoms with E-state index in [1.165, 1.54) is 0 Å². The van der Waals surface area contributed by atoms with Crippen LogP contribution in [-0.4, -0.2) is 81.5 Å². The largest absolute Gasteiger partial charge is 0.394 e.